The third-order valence-corrected chi connectivity index (χ3v) is 4.29. The molecule has 2 atom stereocenters. The Labute approximate surface area is 129 Å². The molecule has 0 aromatic carbocycles. The minimum atomic E-state index is -0.406. The second kappa shape index (κ2) is 6.01. The second-order valence-electron chi connectivity index (χ2n) is 6.16. The number of rotatable bonds is 3. The Kier molecular flexibility index (Phi) is 4.07. The van der Waals surface area contributed by atoms with Crippen molar-refractivity contribution in [1.82, 2.24) is 4.90 Å². The first kappa shape index (κ1) is 14.9. The SMILES string of the molecule is Cc1ccc([C@H]2C[C@H](C)CCN2Cc2cc(=O)c(O)co2)o1. The van der Waals surface area contributed by atoms with Gasteiger partial charge in [0.1, 0.15) is 23.5 Å². The normalized spacial score (nSPS) is 22.8. The number of likely N-dealkylation sites (tertiary alicyclic amines) is 1. The fourth-order valence-corrected chi connectivity index (χ4v) is 3.03. The third-order valence-electron chi connectivity index (χ3n) is 4.29. The molecule has 3 heterocycles. The summed E-state index contributed by atoms with van der Waals surface area (Å²) in [5, 5.41) is 9.28. The maximum absolute atomic E-state index is 11.5. The second-order valence-corrected chi connectivity index (χ2v) is 6.16. The van der Waals surface area contributed by atoms with Gasteiger partial charge in [0.05, 0.1) is 12.6 Å². The smallest absolute Gasteiger partial charge is 0.226 e. The molecular formula is C17H21NO4. The Morgan fingerprint density at radius 3 is 2.91 bits per heavy atom. The zero-order valence-electron chi connectivity index (χ0n) is 12.9. The van der Waals surface area contributed by atoms with Gasteiger partial charge in [-0.1, -0.05) is 6.92 Å². The van der Waals surface area contributed by atoms with Crippen molar-refractivity contribution in [3.8, 4) is 5.75 Å². The Morgan fingerprint density at radius 2 is 2.23 bits per heavy atom. The minimum Gasteiger partial charge on any atom is -0.502 e. The Morgan fingerprint density at radius 1 is 1.41 bits per heavy atom. The third kappa shape index (κ3) is 3.09. The van der Waals surface area contributed by atoms with Crippen molar-refractivity contribution in [3.63, 3.8) is 0 Å². The van der Waals surface area contributed by atoms with E-state index in [0.717, 1.165) is 37.2 Å². The first-order chi connectivity index (χ1) is 10.5. The van der Waals surface area contributed by atoms with Crippen LogP contribution in [0.3, 0.4) is 0 Å². The molecule has 2 aromatic heterocycles. The number of hydrogen-bond acceptors (Lipinski definition) is 5. The molecule has 1 saturated heterocycles. The minimum absolute atomic E-state index is 0.191. The van der Waals surface area contributed by atoms with Gasteiger partial charge in [0.2, 0.25) is 5.43 Å². The van der Waals surface area contributed by atoms with E-state index < -0.39 is 5.43 Å². The van der Waals surface area contributed by atoms with E-state index in [0.29, 0.717) is 18.2 Å². The highest BCUT2D eigenvalue weighted by molar-refractivity contribution is 5.16. The van der Waals surface area contributed by atoms with E-state index >= 15 is 0 Å². The van der Waals surface area contributed by atoms with Gasteiger partial charge >= 0.3 is 0 Å². The molecule has 0 saturated carbocycles. The predicted octanol–water partition coefficient (Wildman–Crippen LogP) is 3.22. The van der Waals surface area contributed by atoms with Crippen LogP contribution in [0.25, 0.3) is 0 Å². The van der Waals surface area contributed by atoms with E-state index in [-0.39, 0.29) is 11.8 Å². The van der Waals surface area contributed by atoms with Crippen molar-refractivity contribution in [2.45, 2.75) is 39.3 Å². The Bertz CT molecular complexity index is 703. The molecule has 1 fully saturated rings. The van der Waals surface area contributed by atoms with Crippen LogP contribution in [0, 0.1) is 12.8 Å². The standard InChI is InChI=1S/C17H21NO4/c1-11-5-6-18(9-13-8-15(19)16(20)10-21-13)14(7-11)17-4-3-12(2)22-17/h3-4,8,10-11,14,20H,5-7,9H2,1-2H3/t11-,14-/m1/s1. The summed E-state index contributed by atoms with van der Waals surface area (Å²) >= 11 is 0. The van der Waals surface area contributed by atoms with Crippen LogP contribution in [0.1, 0.15) is 43.1 Å². The van der Waals surface area contributed by atoms with Gasteiger partial charge in [-0.05, 0) is 44.4 Å². The van der Waals surface area contributed by atoms with Crippen LogP contribution >= 0.6 is 0 Å². The molecule has 0 amide bonds. The average molecular weight is 303 g/mol. The number of aryl methyl sites for hydroxylation is 1. The van der Waals surface area contributed by atoms with Crippen LogP contribution in [-0.4, -0.2) is 16.6 Å². The molecular weight excluding hydrogens is 282 g/mol. The summed E-state index contributed by atoms with van der Waals surface area (Å²) in [5.41, 5.74) is -0.406. The molecule has 118 valence electrons. The fourth-order valence-electron chi connectivity index (χ4n) is 3.03. The van der Waals surface area contributed by atoms with Gasteiger partial charge in [-0.3, -0.25) is 9.69 Å². The van der Waals surface area contributed by atoms with Gasteiger partial charge in [0, 0.05) is 6.07 Å². The summed E-state index contributed by atoms with van der Waals surface area (Å²) in [4.78, 5) is 13.8. The molecule has 5 nitrogen and oxygen atoms in total. The summed E-state index contributed by atoms with van der Waals surface area (Å²) in [5.74, 6) is 2.72. The van der Waals surface area contributed by atoms with Gasteiger partial charge in [0.25, 0.3) is 0 Å². The molecule has 5 heteroatoms. The summed E-state index contributed by atoms with van der Waals surface area (Å²) in [6, 6.07) is 5.56. The van der Waals surface area contributed by atoms with E-state index in [2.05, 4.69) is 11.8 Å². The molecule has 0 unspecified atom stereocenters. The van der Waals surface area contributed by atoms with E-state index in [9.17, 15) is 9.90 Å². The quantitative estimate of drug-likeness (QED) is 0.943. The van der Waals surface area contributed by atoms with Gasteiger partial charge in [-0.25, -0.2) is 0 Å². The molecule has 0 bridgehead atoms. The maximum Gasteiger partial charge on any atom is 0.226 e. The Balaban J connectivity index is 1.83. The molecule has 2 aromatic rings. The maximum atomic E-state index is 11.5. The predicted molar refractivity (Wildman–Crippen MR) is 81.6 cm³/mol. The van der Waals surface area contributed by atoms with Crippen LogP contribution in [0.15, 0.2) is 38.1 Å². The van der Waals surface area contributed by atoms with Crippen molar-refractivity contribution in [2.24, 2.45) is 5.92 Å². The van der Waals surface area contributed by atoms with Crippen molar-refractivity contribution in [1.29, 1.82) is 0 Å². The number of aromatic hydroxyl groups is 1. The summed E-state index contributed by atoms with van der Waals surface area (Å²) in [6.07, 6.45) is 3.24. The van der Waals surface area contributed by atoms with Crippen LogP contribution in [0.4, 0.5) is 0 Å². The van der Waals surface area contributed by atoms with Crippen LogP contribution < -0.4 is 5.43 Å². The van der Waals surface area contributed by atoms with Crippen LogP contribution in [0.2, 0.25) is 0 Å². The largest absolute Gasteiger partial charge is 0.502 e. The first-order valence-corrected chi connectivity index (χ1v) is 7.64. The highest BCUT2D eigenvalue weighted by atomic mass is 16.4. The molecule has 0 spiro atoms. The first-order valence-electron chi connectivity index (χ1n) is 7.64. The molecule has 1 N–H and O–H groups in total. The van der Waals surface area contributed by atoms with E-state index in [4.69, 9.17) is 8.83 Å². The highest BCUT2D eigenvalue weighted by Gasteiger charge is 2.30. The number of hydrogen-bond donors (Lipinski definition) is 1. The van der Waals surface area contributed by atoms with E-state index in [1.165, 1.54) is 6.07 Å². The monoisotopic (exact) mass is 303 g/mol. The molecule has 1 aliphatic heterocycles. The van der Waals surface area contributed by atoms with Crippen molar-refractivity contribution >= 4 is 0 Å². The lowest BCUT2D eigenvalue weighted by atomic mass is 9.91. The van der Waals surface area contributed by atoms with Crippen molar-refractivity contribution in [2.75, 3.05) is 6.54 Å². The summed E-state index contributed by atoms with van der Waals surface area (Å²) in [6.45, 7) is 5.66. The average Bonchev–Trinajstić information content (AvgIpc) is 2.91. The lowest BCUT2D eigenvalue weighted by Gasteiger charge is -2.37. The zero-order valence-corrected chi connectivity index (χ0v) is 12.9. The highest BCUT2D eigenvalue weighted by Crippen LogP contribution is 2.35. The Hall–Kier alpha value is -2.01. The van der Waals surface area contributed by atoms with Gasteiger partial charge < -0.3 is 13.9 Å². The number of piperidine rings is 1. The lowest BCUT2D eigenvalue weighted by Crippen LogP contribution is -2.35. The summed E-state index contributed by atoms with van der Waals surface area (Å²) < 4.78 is 11.1. The van der Waals surface area contributed by atoms with E-state index in [1.807, 2.05) is 19.1 Å². The topological polar surface area (TPSA) is 66.8 Å². The van der Waals surface area contributed by atoms with E-state index in [1.54, 1.807) is 0 Å². The molecule has 1 aliphatic rings. The molecule has 0 aliphatic carbocycles. The van der Waals surface area contributed by atoms with Crippen molar-refractivity contribution in [3.05, 3.63) is 52.0 Å². The molecule has 3 rings (SSSR count). The molecule has 0 radical (unpaired) electrons. The van der Waals surface area contributed by atoms with Crippen LogP contribution in [-0.2, 0) is 6.54 Å². The number of nitrogens with zero attached hydrogens (tertiary/aromatic N) is 1. The fraction of sp³-hybridized carbons (Fsp3) is 0.471. The van der Waals surface area contributed by atoms with Crippen molar-refractivity contribution < 1.29 is 13.9 Å². The number of furan rings is 1. The molecule has 22 heavy (non-hydrogen) atoms. The van der Waals surface area contributed by atoms with Gasteiger partial charge in [-0.15, -0.1) is 0 Å². The van der Waals surface area contributed by atoms with Crippen LogP contribution in [0.5, 0.6) is 5.75 Å². The zero-order chi connectivity index (χ0) is 15.7. The lowest BCUT2D eigenvalue weighted by molar-refractivity contribution is 0.0859. The van der Waals surface area contributed by atoms with Gasteiger partial charge in [0.15, 0.2) is 5.75 Å². The summed E-state index contributed by atoms with van der Waals surface area (Å²) in [7, 11) is 0. The van der Waals surface area contributed by atoms with Gasteiger partial charge in [-0.2, -0.15) is 0 Å².